The molecule has 3 aromatic rings. The molecule has 1 aliphatic carbocycles. The van der Waals surface area contributed by atoms with Crippen LogP contribution >= 0.6 is 0 Å². The van der Waals surface area contributed by atoms with Gasteiger partial charge in [0.1, 0.15) is 5.69 Å². The molecular formula is C24H20N2O. The maximum absolute atomic E-state index is 11.8. The van der Waals surface area contributed by atoms with E-state index in [9.17, 15) is 4.79 Å². The van der Waals surface area contributed by atoms with E-state index in [0.717, 1.165) is 41.6 Å². The Morgan fingerprint density at radius 3 is 2.70 bits per heavy atom. The monoisotopic (exact) mass is 352 g/mol. The van der Waals surface area contributed by atoms with E-state index >= 15 is 0 Å². The van der Waals surface area contributed by atoms with E-state index in [4.69, 9.17) is 0 Å². The summed E-state index contributed by atoms with van der Waals surface area (Å²) in [5.74, 6) is 6.23. The number of fused-ring (bicyclic) bond motifs is 1. The van der Waals surface area contributed by atoms with Gasteiger partial charge in [0.05, 0.1) is 5.69 Å². The summed E-state index contributed by atoms with van der Waals surface area (Å²) in [4.78, 5) is 16.2. The third kappa shape index (κ3) is 3.75. The molecule has 132 valence electrons. The van der Waals surface area contributed by atoms with E-state index in [1.807, 2.05) is 42.5 Å². The number of hydrogen-bond acceptors (Lipinski definition) is 2. The Bertz CT molecular complexity index is 1060. The molecule has 0 aliphatic heterocycles. The molecule has 0 saturated carbocycles. The number of nitrogens with zero attached hydrogens (tertiary/aromatic N) is 1. The zero-order chi connectivity index (χ0) is 18.6. The first kappa shape index (κ1) is 17.1. The van der Waals surface area contributed by atoms with Gasteiger partial charge in [-0.3, -0.25) is 4.79 Å². The average molecular weight is 352 g/mol. The van der Waals surface area contributed by atoms with Crippen molar-refractivity contribution in [3.8, 4) is 23.0 Å². The quantitative estimate of drug-likeness (QED) is 0.685. The first-order valence-electron chi connectivity index (χ1n) is 9.16. The molecule has 0 bridgehead atoms. The Kier molecular flexibility index (Phi) is 4.72. The number of hydrogen-bond donors (Lipinski definition) is 1. The summed E-state index contributed by atoms with van der Waals surface area (Å²) in [6.07, 6.45) is 4.99. The Balaban J connectivity index is 1.74. The van der Waals surface area contributed by atoms with E-state index in [0.29, 0.717) is 5.69 Å². The van der Waals surface area contributed by atoms with Crippen molar-refractivity contribution in [3.63, 3.8) is 0 Å². The minimum Gasteiger partial charge on any atom is -0.326 e. The van der Waals surface area contributed by atoms with Crippen molar-refractivity contribution in [2.45, 2.75) is 26.2 Å². The van der Waals surface area contributed by atoms with Crippen molar-refractivity contribution in [2.24, 2.45) is 0 Å². The zero-order valence-electron chi connectivity index (χ0n) is 15.3. The van der Waals surface area contributed by atoms with Crippen LogP contribution in [0.1, 0.15) is 35.7 Å². The smallest absolute Gasteiger partial charge is 0.221 e. The molecule has 0 atom stereocenters. The van der Waals surface area contributed by atoms with Gasteiger partial charge in [-0.1, -0.05) is 36.3 Å². The van der Waals surface area contributed by atoms with Crippen molar-refractivity contribution < 1.29 is 4.79 Å². The Morgan fingerprint density at radius 1 is 1.04 bits per heavy atom. The minimum atomic E-state index is -0.0466. The average Bonchev–Trinajstić information content (AvgIpc) is 3.17. The van der Waals surface area contributed by atoms with Gasteiger partial charge in [0.2, 0.25) is 5.91 Å². The lowest BCUT2D eigenvalue weighted by atomic mass is 9.97. The molecule has 0 radical (unpaired) electrons. The van der Waals surface area contributed by atoms with Crippen molar-refractivity contribution in [1.29, 1.82) is 0 Å². The molecular weight excluding hydrogens is 332 g/mol. The van der Waals surface area contributed by atoms with Gasteiger partial charge in [-0.05, 0) is 66.1 Å². The fourth-order valence-electron chi connectivity index (χ4n) is 3.55. The second kappa shape index (κ2) is 7.47. The topological polar surface area (TPSA) is 42.0 Å². The predicted octanol–water partition coefficient (Wildman–Crippen LogP) is 4.60. The fraction of sp³-hybridized carbons (Fsp3) is 0.167. The van der Waals surface area contributed by atoms with Crippen LogP contribution < -0.4 is 5.32 Å². The number of anilines is 1. The Hall–Kier alpha value is -3.38. The molecule has 1 heterocycles. The SMILES string of the molecule is CC(=O)Nc1c(-c2ccnc(C#Cc3ccccc3)c2)ccc2c1CCC2. The summed E-state index contributed by atoms with van der Waals surface area (Å²) in [6.45, 7) is 1.56. The standard InChI is InChI=1S/C24H20N2O/c1-17(27)26-24-22-9-5-8-19(22)11-13-23(24)20-14-15-25-21(16-20)12-10-18-6-3-2-4-7-18/h2-4,6-7,11,13-16H,5,8-9H2,1H3,(H,26,27). The van der Waals surface area contributed by atoms with Crippen LogP contribution in [0, 0.1) is 11.8 Å². The molecule has 2 aromatic carbocycles. The van der Waals surface area contributed by atoms with Crippen LogP contribution in [0.4, 0.5) is 5.69 Å². The van der Waals surface area contributed by atoms with Crippen LogP contribution in [-0.4, -0.2) is 10.9 Å². The molecule has 3 nitrogen and oxygen atoms in total. The molecule has 1 N–H and O–H groups in total. The lowest BCUT2D eigenvalue weighted by Crippen LogP contribution is -2.09. The molecule has 1 amide bonds. The number of nitrogens with one attached hydrogen (secondary N) is 1. The van der Waals surface area contributed by atoms with E-state index < -0.39 is 0 Å². The van der Waals surface area contributed by atoms with Crippen molar-refractivity contribution in [1.82, 2.24) is 4.98 Å². The maximum atomic E-state index is 11.8. The zero-order valence-corrected chi connectivity index (χ0v) is 15.3. The number of carbonyl (C=O) groups is 1. The first-order chi connectivity index (χ1) is 13.2. The van der Waals surface area contributed by atoms with Gasteiger partial charge in [-0.2, -0.15) is 0 Å². The third-order valence-corrected chi connectivity index (χ3v) is 4.76. The minimum absolute atomic E-state index is 0.0466. The van der Waals surface area contributed by atoms with Crippen LogP contribution in [0.3, 0.4) is 0 Å². The van der Waals surface area contributed by atoms with Gasteiger partial charge in [-0.25, -0.2) is 4.98 Å². The van der Waals surface area contributed by atoms with E-state index in [2.05, 4.69) is 34.3 Å². The second-order valence-electron chi connectivity index (χ2n) is 6.71. The van der Waals surface area contributed by atoms with Gasteiger partial charge in [0.15, 0.2) is 0 Å². The molecule has 27 heavy (non-hydrogen) atoms. The maximum Gasteiger partial charge on any atom is 0.221 e. The summed E-state index contributed by atoms with van der Waals surface area (Å²) in [6, 6.07) is 18.1. The number of carbonyl (C=O) groups excluding carboxylic acids is 1. The van der Waals surface area contributed by atoms with E-state index in [1.54, 1.807) is 13.1 Å². The van der Waals surface area contributed by atoms with Crippen LogP contribution in [0.5, 0.6) is 0 Å². The van der Waals surface area contributed by atoms with Gasteiger partial charge in [0, 0.05) is 24.2 Å². The summed E-state index contributed by atoms with van der Waals surface area (Å²) in [7, 11) is 0. The number of amides is 1. The molecule has 0 unspecified atom stereocenters. The number of aryl methyl sites for hydroxylation is 1. The summed E-state index contributed by atoms with van der Waals surface area (Å²) >= 11 is 0. The van der Waals surface area contributed by atoms with E-state index in [-0.39, 0.29) is 5.91 Å². The molecule has 0 saturated heterocycles. The van der Waals surface area contributed by atoms with Crippen molar-refractivity contribution in [3.05, 3.63) is 83.2 Å². The van der Waals surface area contributed by atoms with Crippen LogP contribution in [0.25, 0.3) is 11.1 Å². The predicted molar refractivity (Wildman–Crippen MR) is 108 cm³/mol. The number of rotatable bonds is 2. The summed E-state index contributed by atoms with van der Waals surface area (Å²) in [5, 5.41) is 3.05. The van der Waals surface area contributed by atoms with Crippen LogP contribution in [0.2, 0.25) is 0 Å². The molecule has 4 rings (SSSR count). The highest BCUT2D eigenvalue weighted by Gasteiger charge is 2.19. The third-order valence-electron chi connectivity index (χ3n) is 4.76. The normalized spacial score (nSPS) is 12.0. The largest absolute Gasteiger partial charge is 0.326 e. The summed E-state index contributed by atoms with van der Waals surface area (Å²) < 4.78 is 0. The number of benzene rings is 2. The van der Waals surface area contributed by atoms with Crippen LogP contribution in [0.15, 0.2) is 60.8 Å². The Morgan fingerprint density at radius 2 is 1.89 bits per heavy atom. The highest BCUT2D eigenvalue weighted by Crippen LogP contribution is 2.37. The van der Waals surface area contributed by atoms with Crippen molar-refractivity contribution >= 4 is 11.6 Å². The number of pyridine rings is 1. The highest BCUT2D eigenvalue weighted by atomic mass is 16.1. The lowest BCUT2D eigenvalue weighted by Gasteiger charge is -2.15. The van der Waals surface area contributed by atoms with Gasteiger partial charge in [0.25, 0.3) is 0 Å². The highest BCUT2D eigenvalue weighted by molar-refractivity contribution is 5.96. The van der Waals surface area contributed by atoms with E-state index in [1.165, 1.54) is 11.1 Å². The molecule has 1 aliphatic rings. The second-order valence-corrected chi connectivity index (χ2v) is 6.71. The van der Waals surface area contributed by atoms with Crippen LogP contribution in [-0.2, 0) is 17.6 Å². The molecule has 0 spiro atoms. The van der Waals surface area contributed by atoms with Gasteiger partial charge in [-0.15, -0.1) is 0 Å². The first-order valence-corrected chi connectivity index (χ1v) is 9.16. The molecule has 0 fully saturated rings. The van der Waals surface area contributed by atoms with Gasteiger partial charge < -0.3 is 5.32 Å². The molecule has 1 aromatic heterocycles. The van der Waals surface area contributed by atoms with Crippen molar-refractivity contribution in [2.75, 3.05) is 5.32 Å². The number of aromatic nitrogens is 1. The molecule has 3 heteroatoms. The summed E-state index contributed by atoms with van der Waals surface area (Å²) in [5.41, 5.74) is 7.24. The fourth-order valence-corrected chi connectivity index (χ4v) is 3.55. The lowest BCUT2D eigenvalue weighted by molar-refractivity contribution is -0.114. The van der Waals surface area contributed by atoms with Gasteiger partial charge >= 0.3 is 0 Å². The Labute approximate surface area is 159 Å².